The summed E-state index contributed by atoms with van der Waals surface area (Å²) in [4.78, 5) is 15.4. The molecule has 1 rings (SSSR count). The first kappa shape index (κ1) is 11.7. The zero-order valence-electron chi connectivity index (χ0n) is 9.14. The minimum absolute atomic E-state index is 0.356. The van der Waals surface area contributed by atoms with Crippen LogP contribution in [0, 0.1) is 0 Å². The van der Waals surface area contributed by atoms with Gasteiger partial charge in [-0.2, -0.15) is 0 Å². The van der Waals surface area contributed by atoms with Crippen LogP contribution >= 0.6 is 0 Å². The van der Waals surface area contributed by atoms with Crippen LogP contribution < -0.4 is 5.73 Å². The molecule has 2 N–H and O–H groups in total. The lowest BCUT2D eigenvalue weighted by Gasteiger charge is -2.10. The second-order valence-corrected chi connectivity index (χ2v) is 3.19. The molecule has 0 saturated carbocycles. The van der Waals surface area contributed by atoms with E-state index in [-0.39, 0.29) is 5.97 Å². The quantitative estimate of drug-likeness (QED) is 0.713. The molecule has 0 spiro atoms. The van der Waals surface area contributed by atoms with Crippen molar-refractivity contribution in [3.63, 3.8) is 0 Å². The topological polar surface area (TPSA) is 70.1 Å². The van der Waals surface area contributed by atoms with Crippen LogP contribution in [0.2, 0.25) is 0 Å². The highest BCUT2D eigenvalue weighted by atomic mass is 16.5. The van der Waals surface area contributed by atoms with Gasteiger partial charge in [0.25, 0.3) is 0 Å². The summed E-state index contributed by atoms with van der Waals surface area (Å²) in [5.74, 6) is 0.446. The van der Waals surface area contributed by atoms with E-state index < -0.39 is 6.04 Å². The van der Waals surface area contributed by atoms with Gasteiger partial charge in [0.1, 0.15) is 11.9 Å². The Bertz CT molecular complexity index is 322. The van der Waals surface area contributed by atoms with Gasteiger partial charge in [0.05, 0.1) is 6.61 Å². The molecular formula is C10H17N3O2. The van der Waals surface area contributed by atoms with Gasteiger partial charge >= 0.3 is 5.97 Å². The predicted molar refractivity (Wildman–Crippen MR) is 56.2 cm³/mol. The summed E-state index contributed by atoms with van der Waals surface area (Å²) < 4.78 is 6.78. The number of aryl methyl sites for hydroxylation is 1. The zero-order chi connectivity index (χ0) is 11.3. The maximum Gasteiger partial charge on any atom is 0.323 e. The van der Waals surface area contributed by atoms with Crippen molar-refractivity contribution in [2.75, 3.05) is 6.61 Å². The van der Waals surface area contributed by atoms with E-state index in [0.717, 1.165) is 12.4 Å². The van der Waals surface area contributed by atoms with Crippen LogP contribution in [-0.2, 0) is 22.5 Å². The van der Waals surface area contributed by atoms with Crippen LogP contribution in [0.15, 0.2) is 12.4 Å². The normalized spacial score (nSPS) is 12.5. The first-order chi connectivity index (χ1) is 7.19. The third kappa shape index (κ3) is 3.06. The second kappa shape index (κ2) is 5.50. The standard InChI is InChI=1S/C10H17N3O2/c1-3-13-6-5-12-9(13)7-8(11)10(14)15-4-2/h5-6,8H,3-4,7,11H2,1-2H3. The van der Waals surface area contributed by atoms with Crippen LogP contribution in [0.25, 0.3) is 0 Å². The van der Waals surface area contributed by atoms with Crippen LogP contribution in [0.4, 0.5) is 0 Å². The van der Waals surface area contributed by atoms with Crippen LogP contribution in [0.1, 0.15) is 19.7 Å². The Morgan fingerprint density at radius 1 is 1.67 bits per heavy atom. The van der Waals surface area contributed by atoms with E-state index in [1.165, 1.54) is 0 Å². The van der Waals surface area contributed by atoms with Gasteiger partial charge in [-0.3, -0.25) is 4.79 Å². The summed E-state index contributed by atoms with van der Waals surface area (Å²) in [7, 11) is 0. The molecule has 5 nitrogen and oxygen atoms in total. The van der Waals surface area contributed by atoms with E-state index in [4.69, 9.17) is 10.5 Å². The number of carbonyl (C=O) groups is 1. The fourth-order valence-corrected chi connectivity index (χ4v) is 1.35. The first-order valence-electron chi connectivity index (χ1n) is 5.11. The number of rotatable bonds is 5. The zero-order valence-corrected chi connectivity index (χ0v) is 9.14. The Kier molecular flexibility index (Phi) is 4.30. The molecule has 0 saturated heterocycles. The Labute approximate surface area is 89.2 Å². The van der Waals surface area contributed by atoms with Crippen molar-refractivity contribution in [1.82, 2.24) is 9.55 Å². The summed E-state index contributed by atoms with van der Waals surface area (Å²) >= 11 is 0. The lowest BCUT2D eigenvalue weighted by Crippen LogP contribution is -2.35. The number of carbonyl (C=O) groups excluding carboxylic acids is 1. The molecule has 0 radical (unpaired) electrons. The Morgan fingerprint density at radius 2 is 2.40 bits per heavy atom. The van der Waals surface area contributed by atoms with E-state index >= 15 is 0 Å². The lowest BCUT2D eigenvalue weighted by atomic mass is 10.2. The third-order valence-electron chi connectivity index (χ3n) is 2.13. The lowest BCUT2D eigenvalue weighted by molar-refractivity contribution is -0.144. The van der Waals surface area contributed by atoms with Gasteiger partial charge in [0.15, 0.2) is 0 Å². The largest absolute Gasteiger partial charge is 0.465 e. The van der Waals surface area contributed by atoms with Crippen molar-refractivity contribution in [1.29, 1.82) is 0 Å². The third-order valence-corrected chi connectivity index (χ3v) is 2.13. The SMILES string of the molecule is CCOC(=O)C(N)Cc1nccn1CC. The highest BCUT2D eigenvalue weighted by Gasteiger charge is 2.17. The summed E-state index contributed by atoms with van der Waals surface area (Å²) in [6.07, 6.45) is 3.99. The van der Waals surface area contributed by atoms with E-state index in [1.54, 1.807) is 13.1 Å². The minimum Gasteiger partial charge on any atom is -0.465 e. The molecule has 1 aromatic rings. The van der Waals surface area contributed by atoms with Gasteiger partial charge < -0.3 is 15.0 Å². The molecule has 0 aliphatic carbocycles. The van der Waals surface area contributed by atoms with Gasteiger partial charge in [0.2, 0.25) is 0 Å². The van der Waals surface area contributed by atoms with Crippen molar-refractivity contribution in [3.8, 4) is 0 Å². The molecule has 1 heterocycles. The monoisotopic (exact) mass is 211 g/mol. The molecule has 84 valence electrons. The number of aromatic nitrogens is 2. The van der Waals surface area contributed by atoms with Crippen molar-refractivity contribution in [2.45, 2.75) is 32.9 Å². The maximum atomic E-state index is 11.3. The van der Waals surface area contributed by atoms with E-state index in [2.05, 4.69) is 4.98 Å². The van der Waals surface area contributed by atoms with Crippen molar-refractivity contribution >= 4 is 5.97 Å². The molecule has 0 amide bonds. The number of hydrogen-bond acceptors (Lipinski definition) is 4. The van der Waals surface area contributed by atoms with Crippen molar-refractivity contribution in [3.05, 3.63) is 18.2 Å². The van der Waals surface area contributed by atoms with Gasteiger partial charge in [-0.05, 0) is 13.8 Å². The molecule has 1 aromatic heterocycles. The number of imidazole rings is 1. The van der Waals surface area contributed by atoms with Gasteiger partial charge in [-0.1, -0.05) is 0 Å². The fraction of sp³-hybridized carbons (Fsp3) is 0.600. The van der Waals surface area contributed by atoms with Gasteiger partial charge in [0, 0.05) is 25.4 Å². The summed E-state index contributed by atoms with van der Waals surface area (Å²) in [6, 6.07) is -0.627. The average Bonchev–Trinajstić information content (AvgIpc) is 2.65. The summed E-state index contributed by atoms with van der Waals surface area (Å²) in [5.41, 5.74) is 5.69. The highest BCUT2D eigenvalue weighted by Crippen LogP contribution is 2.01. The van der Waals surface area contributed by atoms with Crippen LogP contribution in [0.5, 0.6) is 0 Å². The Morgan fingerprint density at radius 3 is 3.00 bits per heavy atom. The van der Waals surface area contributed by atoms with E-state index in [0.29, 0.717) is 13.0 Å². The molecule has 0 aromatic carbocycles. The molecule has 1 unspecified atom stereocenters. The predicted octanol–water partition coefficient (Wildman–Crippen LogP) is 0.336. The number of nitrogens with zero attached hydrogens (tertiary/aromatic N) is 2. The fourth-order valence-electron chi connectivity index (χ4n) is 1.35. The van der Waals surface area contributed by atoms with E-state index in [1.807, 2.05) is 17.7 Å². The van der Waals surface area contributed by atoms with Crippen LogP contribution in [0.3, 0.4) is 0 Å². The molecule has 0 bridgehead atoms. The molecule has 0 aliphatic rings. The smallest absolute Gasteiger partial charge is 0.323 e. The van der Waals surface area contributed by atoms with Gasteiger partial charge in [-0.25, -0.2) is 4.98 Å². The molecule has 1 atom stereocenters. The molecule has 5 heteroatoms. The number of ether oxygens (including phenoxy) is 1. The Balaban J connectivity index is 2.57. The Hall–Kier alpha value is -1.36. The average molecular weight is 211 g/mol. The molecule has 0 fully saturated rings. The number of esters is 1. The highest BCUT2D eigenvalue weighted by molar-refractivity contribution is 5.75. The number of hydrogen-bond donors (Lipinski definition) is 1. The molecule has 0 aliphatic heterocycles. The van der Waals surface area contributed by atoms with Gasteiger partial charge in [-0.15, -0.1) is 0 Å². The minimum atomic E-state index is -0.627. The second-order valence-electron chi connectivity index (χ2n) is 3.19. The first-order valence-corrected chi connectivity index (χ1v) is 5.11. The van der Waals surface area contributed by atoms with Crippen LogP contribution in [-0.4, -0.2) is 28.2 Å². The van der Waals surface area contributed by atoms with Crippen molar-refractivity contribution in [2.24, 2.45) is 5.73 Å². The summed E-state index contributed by atoms with van der Waals surface area (Å²) in [5, 5.41) is 0. The maximum absolute atomic E-state index is 11.3. The molecular weight excluding hydrogens is 194 g/mol. The van der Waals surface area contributed by atoms with Crippen molar-refractivity contribution < 1.29 is 9.53 Å². The molecule has 15 heavy (non-hydrogen) atoms. The van der Waals surface area contributed by atoms with E-state index in [9.17, 15) is 4.79 Å². The summed E-state index contributed by atoms with van der Waals surface area (Å²) in [6.45, 7) is 4.96. The number of nitrogens with two attached hydrogens (primary N) is 1.